The molecule has 2 aromatic carbocycles. The van der Waals surface area contributed by atoms with Crippen molar-refractivity contribution in [1.82, 2.24) is 0 Å². The van der Waals surface area contributed by atoms with Crippen LogP contribution in [0, 0.1) is 17.0 Å². The van der Waals surface area contributed by atoms with Crippen molar-refractivity contribution < 1.29 is 10.0 Å². The number of benzene rings is 2. The number of non-ortho nitro benzene ring substituents is 1. The number of nitrogens with one attached hydrogen (secondary N) is 1. The zero-order chi connectivity index (χ0) is 14.7. The molecule has 0 fully saturated rings. The SMILES string of the molecule is Cc1cc([N+](=O)[O-])ccc1NC(C)c1cccc(O)c1. The summed E-state index contributed by atoms with van der Waals surface area (Å²) >= 11 is 0. The van der Waals surface area contributed by atoms with Crippen molar-refractivity contribution in [2.75, 3.05) is 5.32 Å². The van der Waals surface area contributed by atoms with Crippen LogP contribution in [-0.4, -0.2) is 10.0 Å². The number of nitro benzene ring substituents is 1. The van der Waals surface area contributed by atoms with Gasteiger partial charge >= 0.3 is 0 Å². The van der Waals surface area contributed by atoms with Gasteiger partial charge in [0.05, 0.1) is 4.92 Å². The van der Waals surface area contributed by atoms with Gasteiger partial charge in [0.2, 0.25) is 0 Å². The molecule has 0 bridgehead atoms. The molecule has 104 valence electrons. The fraction of sp³-hybridized carbons (Fsp3) is 0.200. The first-order valence-corrected chi connectivity index (χ1v) is 6.28. The summed E-state index contributed by atoms with van der Waals surface area (Å²) in [6, 6.07) is 11.7. The smallest absolute Gasteiger partial charge is 0.269 e. The molecule has 0 amide bonds. The average Bonchev–Trinajstić information content (AvgIpc) is 2.40. The van der Waals surface area contributed by atoms with E-state index < -0.39 is 4.92 Å². The molecule has 0 aliphatic heterocycles. The van der Waals surface area contributed by atoms with Crippen LogP contribution in [-0.2, 0) is 0 Å². The Morgan fingerprint density at radius 3 is 2.60 bits per heavy atom. The van der Waals surface area contributed by atoms with E-state index in [4.69, 9.17) is 0 Å². The van der Waals surface area contributed by atoms with Crippen LogP contribution in [0.25, 0.3) is 0 Å². The first-order valence-electron chi connectivity index (χ1n) is 6.28. The number of nitrogens with zero attached hydrogens (tertiary/aromatic N) is 1. The van der Waals surface area contributed by atoms with E-state index in [1.807, 2.05) is 19.9 Å². The van der Waals surface area contributed by atoms with Crippen molar-refractivity contribution in [3.8, 4) is 5.75 Å². The Hall–Kier alpha value is -2.56. The quantitative estimate of drug-likeness (QED) is 0.656. The van der Waals surface area contributed by atoms with E-state index in [-0.39, 0.29) is 17.5 Å². The summed E-state index contributed by atoms with van der Waals surface area (Å²) < 4.78 is 0. The third-order valence-electron chi connectivity index (χ3n) is 3.16. The highest BCUT2D eigenvalue weighted by molar-refractivity contribution is 5.56. The van der Waals surface area contributed by atoms with Crippen LogP contribution in [0.1, 0.15) is 24.1 Å². The van der Waals surface area contributed by atoms with Crippen LogP contribution >= 0.6 is 0 Å². The second-order valence-electron chi connectivity index (χ2n) is 4.72. The van der Waals surface area contributed by atoms with Gasteiger partial charge in [-0.05, 0) is 43.2 Å². The number of hydrogen-bond acceptors (Lipinski definition) is 4. The fourth-order valence-electron chi connectivity index (χ4n) is 2.03. The third-order valence-corrected chi connectivity index (χ3v) is 3.16. The first kappa shape index (κ1) is 13.9. The maximum Gasteiger partial charge on any atom is 0.269 e. The lowest BCUT2D eigenvalue weighted by Gasteiger charge is -2.17. The monoisotopic (exact) mass is 272 g/mol. The van der Waals surface area contributed by atoms with E-state index in [0.29, 0.717) is 0 Å². The van der Waals surface area contributed by atoms with Crippen LogP contribution in [0.5, 0.6) is 5.75 Å². The molecule has 5 nitrogen and oxygen atoms in total. The van der Waals surface area contributed by atoms with Crippen LogP contribution < -0.4 is 5.32 Å². The molecule has 0 radical (unpaired) electrons. The first-order chi connectivity index (χ1) is 9.47. The van der Waals surface area contributed by atoms with Gasteiger partial charge < -0.3 is 10.4 Å². The molecule has 1 atom stereocenters. The highest BCUT2D eigenvalue weighted by Gasteiger charge is 2.11. The number of phenolic OH excluding ortho intramolecular Hbond substituents is 1. The number of aryl methyl sites for hydroxylation is 1. The molecule has 0 saturated heterocycles. The topological polar surface area (TPSA) is 75.4 Å². The van der Waals surface area contributed by atoms with E-state index in [0.717, 1.165) is 16.8 Å². The molecule has 0 saturated carbocycles. The van der Waals surface area contributed by atoms with Gasteiger partial charge in [-0.15, -0.1) is 0 Å². The van der Waals surface area contributed by atoms with Gasteiger partial charge in [-0.25, -0.2) is 0 Å². The van der Waals surface area contributed by atoms with Crippen LogP contribution in [0.15, 0.2) is 42.5 Å². The second-order valence-corrected chi connectivity index (χ2v) is 4.72. The summed E-state index contributed by atoms with van der Waals surface area (Å²) in [7, 11) is 0. The van der Waals surface area contributed by atoms with Gasteiger partial charge in [0.1, 0.15) is 5.75 Å². The van der Waals surface area contributed by atoms with Crippen molar-refractivity contribution in [1.29, 1.82) is 0 Å². The zero-order valence-electron chi connectivity index (χ0n) is 11.3. The van der Waals surface area contributed by atoms with Gasteiger partial charge in [-0.3, -0.25) is 10.1 Å². The molecule has 2 aromatic rings. The molecule has 0 heterocycles. The Bertz CT molecular complexity index is 641. The van der Waals surface area contributed by atoms with E-state index >= 15 is 0 Å². The molecular weight excluding hydrogens is 256 g/mol. The summed E-state index contributed by atoms with van der Waals surface area (Å²) in [5, 5.41) is 23.5. The molecular formula is C15H16N2O3. The minimum Gasteiger partial charge on any atom is -0.508 e. The molecule has 0 spiro atoms. The Kier molecular flexibility index (Phi) is 3.89. The molecule has 0 aliphatic carbocycles. The highest BCUT2D eigenvalue weighted by Crippen LogP contribution is 2.26. The lowest BCUT2D eigenvalue weighted by atomic mass is 10.1. The molecule has 0 aliphatic rings. The zero-order valence-corrected chi connectivity index (χ0v) is 11.3. The predicted octanol–water partition coefficient (Wildman–Crippen LogP) is 3.78. The average molecular weight is 272 g/mol. The Morgan fingerprint density at radius 2 is 2.00 bits per heavy atom. The largest absolute Gasteiger partial charge is 0.508 e. The number of hydrogen-bond donors (Lipinski definition) is 2. The summed E-state index contributed by atoms with van der Waals surface area (Å²) in [6.07, 6.45) is 0. The number of nitro groups is 1. The number of aromatic hydroxyl groups is 1. The molecule has 5 heteroatoms. The number of rotatable bonds is 4. The lowest BCUT2D eigenvalue weighted by Crippen LogP contribution is -2.07. The summed E-state index contributed by atoms with van der Waals surface area (Å²) in [5.41, 5.74) is 2.68. The molecule has 1 unspecified atom stereocenters. The summed E-state index contributed by atoms with van der Waals surface area (Å²) in [5.74, 6) is 0.219. The molecule has 2 N–H and O–H groups in total. The standard InChI is InChI=1S/C15H16N2O3/c1-10-8-13(17(19)20)6-7-15(10)16-11(2)12-4-3-5-14(18)9-12/h3-9,11,16,18H,1-2H3. The molecule has 0 aromatic heterocycles. The second kappa shape index (κ2) is 5.61. The van der Waals surface area contributed by atoms with E-state index in [9.17, 15) is 15.2 Å². The van der Waals surface area contributed by atoms with Gasteiger partial charge in [-0.1, -0.05) is 12.1 Å². The normalized spacial score (nSPS) is 11.9. The molecule has 20 heavy (non-hydrogen) atoms. The predicted molar refractivity (Wildman–Crippen MR) is 78.0 cm³/mol. The van der Waals surface area contributed by atoms with E-state index in [1.54, 1.807) is 24.3 Å². The van der Waals surface area contributed by atoms with Crippen LogP contribution in [0.2, 0.25) is 0 Å². The van der Waals surface area contributed by atoms with Crippen molar-refractivity contribution in [3.05, 3.63) is 63.7 Å². The van der Waals surface area contributed by atoms with E-state index in [1.165, 1.54) is 12.1 Å². The highest BCUT2D eigenvalue weighted by atomic mass is 16.6. The maximum absolute atomic E-state index is 10.7. The Balaban J connectivity index is 2.19. The van der Waals surface area contributed by atoms with E-state index in [2.05, 4.69) is 5.32 Å². The number of phenols is 1. The fourth-order valence-corrected chi connectivity index (χ4v) is 2.03. The van der Waals surface area contributed by atoms with Crippen molar-refractivity contribution >= 4 is 11.4 Å². The van der Waals surface area contributed by atoms with Crippen molar-refractivity contribution in [2.45, 2.75) is 19.9 Å². The lowest BCUT2D eigenvalue weighted by molar-refractivity contribution is -0.384. The van der Waals surface area contributed by atoms with Crippen LogP contribution in [0.4, 0.5) is 11.4 Å². The molecule has 2 rings (SSSR count). The van der Waals surface area contributed by atoms with Crippen LogP contribution in [0.3, 0.4) is 0 Å². The minimum atomic E-state index is -0.407. The van der Waals surface area contributed by atoms with Gasteiger partial charge in [0, 0.05) is 23.9 Å². The van der Waals surface area contributed by atoms with Crippen molar-refractivity contribution in [3.63, 3.8) is 0 Å². The Morgan fingerprint density at radius 1 is 1.25 bits per heavy atom. The van der Waals surface area contributed by atoms with Gasteiger partial charge in [0.15, 0.2) is 0 Å². The summed E-state index contributed by atoms with van der Waals surface area (Å²) in [6.45, 7) is 3.79. The summed E-state index contributed by atoms with van der Waals surface area (Å²) in [4.78, 5) is 10.3. The Labute approximate surface area is 117 Å². The maximum atomic E-state index is 10.7. The third kappa shape index (κ3) is 3.06. The van der Waals surface area contributed by atoms with Gasteiger partial charge in [0.25, 0.3) is 5.69 Å². The minimum absolute atomic E-state index is 0.0118. The van der Waals surface area contributed by atoms with Gasteiger partial charge in [-0.2, -0.15) is 0 Å². The van der Waals surface area contributed by atoms with Crippen molar-refractivity contribution in [2.24, 2.45) is 0 Å². The number of anilines is 1.